The highest BCUT2D eigenvalue weighted by molar-refractivity contribution is 6.26. The quantitative estimate of drug-likeness (QED) is 0.162. The van der Waals surface area contributed by atoms with E-state index in [2.05, 4.69) is 211 Å². The number of nitrogens with zero attached hydrogens (tertiary/aromatic N) is 4. The standard InChI is InChI=1S/C61H36N4O/c1-2-15-37(16-3-1)39-20-14-21-43(33-39)59-62-60(44-31-32-46-42(34-44)30-29-38-17-6-7-22-45(38)46)64-61(63-59)56-48-24-8-9-25-49(48)58-55(50-26-11-13-28-54(50)66-58)57(56)65-52-27-12-10-23-47(52)51-35-40-18-4-5-19-41(40)36-53(51)65/h1-36H. The van der Waals surface area contributed by atoms with Crippen LogP contribution in [0.5, 0.6) is 0 Å². The summed E-state index contributed by atoms with van der Waals surface area (Å²) in [6.45, 7) is 0. The lowest BCUT2D eigenvalue weighted by Crippen LogP contribution is -2.05. The topological polar surface area (TPSA) is 56.7 Å². The molecule has 0 fully saturated rings. The molecule has 5 heteroatoms. The van der Waals surface area contributed by atoms with Gasteiger partial charge in [-0.2, -0.15) is 0 Å². The molecule has 3 heterocycles. The second-order valence-corrected chi connectivity index (χ2v) is 17.1. The van der Waals surface area contributed by atoms with Crippen molar-refractivity contribution in [1.82, 2.24) is 19.5 Å². The Labute approximate surface area is 378 Å². The van der Waals surface area contributed by atoms with E-state index in [1.54, 1.807) is 0 Å². The van der Waals surface area contributed by atoms with Crippen molar-refractivity contribution in [2.24, 2.45) is 0 Å². The van der Waals surface area contributed by atoms with Crippen LogP contribution in [0, 0.1) is 0 Å². The molecule has 0 aliphatic carbocycles. The molecule has 14 aromatic rings. The number of benzene rings is 11. The first-order valence-corrected chi connectivity index (χ1v) is 22.3. The number of hydrogen-bond acceptors (Lipinski definition) is 4. The summed E-state index contributed by atoms with van der Waals surface area (Å²) in [6, 6.07) is 77.4. The molecule has 0 atom stereocenters. The van der Waals surface area contributed by atoms with Gasteiger partial charge in [-0.1, -0.05) is 182 Å². The van der Waals surface area contributed by atoms with Crippen molar-refractivity contribution in [2.75, 3.05) is 0 Å². The first-order valence-electron chi connectivity index (χ1n) is 22.3. The number of fused-ring (bicyclic) bond motifs is 12. The molecule has 14 rings (SSSR count). The predicted octanol–water partition coefficient (Wildman–Crippen LogP) is 16.1. The van der Waals surface area contributed by atoms with Crippen LogP contribution in [0.3, 0.4) is 0 Å². The Hall–Kier alpha value is -8.93. The van der Waals surface area contributed by atoms with E-state index < -0.39 is 0 Å². The van der Waals surface area contributed by atoms with E-state index in [1.807, 2.05) is 12.1 Å². The minimum Gasteiger partial charge on any atom is -0.455 e. The summed E-state index contributed by atoms with van der Waals surface area (Å²) in [6.07, 6.45) is 0. The molecule has 66 heavy (non-hydrogen) atoms. The van der Waals surface area contributed by atoms with Crippen molar-refractivity contribution in [2.45, 2.75) is 0 Å². The Morgan fingerprint density at radius 3 is 1.74 bits per heavy atom. The van der Waals surface area contributed by atoms with Crippen molar-refractivity contribution >= 4 is 86.8 Å². The van der Waals surface area contributed by atoms with Crippen LogP contribution in [0.1, 0.15) is 0 Å². The maximum absolute atomic E-state index is 6.94. The maximum Gasteiger partial charge on any atom is 0.166 e. The Morgan fingerprint density at radius 2 is 0.909 bits per heavy atom. The molecule has 306 valence electrons. The van der Waals surface area contributed by atoms with Crippen molar-refractivity contribution in [3.05, 3.63) is 218 Å². The molecule has 11 aromatic carbocycles. The molecule has 0 aliphatic heterocycles. The first-order chi connectivity index (χ1) is 32.7. The predicted molar refractivity (Wildman–Crippen MR) is 273 cm³/mol. The lowest BCUT2D eigenvalue weighted by molar-refractivity contribution is 0.672. The van der Waals surface area contributed by atoms with Crippen LogP contribution in [0.4, 0.5) is 0 Å². The van der Waals surface area contributed by atoms with Crippen LogP contribution in [0.2, 0.25) is 0 Å². The lowest BCUT2D eigenvalue weighted by atomic mass is 9.96. The fraction of sp³-hybridized carbons (Fsp3) is 0. The Kier molecular flexibility index (Phi) is 7.91. The van der Waals surface area contributed by atoms with Gasteiger partial charge in [-0.15, -0.1) is 0 Å². The molecule has 0 N–H and O–H groups in total. The molecule has 0 radical (unpaired) electrons. The largest absolute Gasteiger partial charge is 0.455 e. The zero-order chi connectivity index (χ0) is 43.3. The summed E-state index contributed by atoms with van der Waals surface area (Å²) in [5, 5.41) is 13.4. The van der Waals surface area contributed by atoms with Gasteiger partial charge in [-0.25, -0.2) is 15.0 Å². The van der Waals surface area contributed by atoms with E-state index in [0.717, 1.165) is 93.4 Å². The summed E-state index contributed by atoms with van der Waals surface area (Å²) in [7, 11) is 0. The number of furan rings is 1. The summed E-state index contributed by atoms with van der Waals surface area (Å²) in [5.41, 5.74) is 9.69. The molecule has 0 saturated carbocycles. The highest BCUT2D eigenvalue weighted by atomic mass is 16.3. The molecule has 0 aliphatic rings. The summed E-state index contributed by atoms with van der Waals surface area (Å²) < 4.78 is 9.37. The minimum absolute atomic E-state index is 0.573. The maximum atomic E-state index is 6.94. The lowest BCUT2D eigenvalue weighted by Gasteiger charge is -2.19. The number of rotatable bonds is 5. The normalized spacial score (nSPS) is 11.9. The average Bonchev–Trinajstić information content (AvgIpc) is 3.93. The highest BCUT2D eigenvalue weighted by Gasteiger charge is 2.28. The van der Waals surface area contributed by atoms with Crippen LogP contribution in [-0.4, -0.2) is 19.5 Å². The van der Waals surface area contributed by atoms with Crippen molar-refractivity contribution < 1.29 is 4.42 Å². The van der Waals surface area contributed by atoms with Gasteiger partial charge in [0.2, 0.25) is 0 Å². The second-order valence-electron chi connectivity index (χ2n) is 17.1. The Bertz CT molecular complexity index is 4300. The van der Waals surface area contributed by atoms with Crippen molar-refractivity contribution in [1.29, 1.82) is 0 Å². The third kappa shape index (κ3) is 5.57. The molecule has 5 nitrogen and oxygen atoms in total. The van der Waals surface area contributed by atoms with E-state index in [4.69, 9.17) is 19.4 Å². The van der Waals surface area contributed by atoms with Gasteiger partial charge in [-0.05, 0) is 85.2 Å². The van der Waals surface area contributed by atoms with Gasteiger partial charge in [-0.3, -0.25) is 0 Å². The van der Waals surface area contributed by atoms with E-state index in [9.17, 15) is 0 Å². The van der Waals surface area contributed by atoms with Gasteiger partial charge >= 0.3 is 0 Å². The van der Waals surface area contributed by atoms with Gasteiger partial charge in [0, 0.05) is 32.7 Å². The molecular formula is C61H36N4O. The second kappa shape index (κ2) is 14.3. The van der Waals surface area contributed by atoms with E-state index in [-0.39, 0.29) is 0 Å². The summed E-state index contributed by atoms with van der Waals surface area (Å²) in [4.78, 5) is 16.5. The number of para-hydroxylation sites is 2. The van der Waals surface area contributed by atoms with Crippen LogP contribution in [0.25, 0.3) is 138 Å². The SMILES string of the molecule is c1ccc(-c2cccc(-c3nc(-c4ccc5c(ccc6ccccc65)c4)nc(-c4c(-n5c6ccccc6c6cc7ccccc7cc65)c5c6ccccc6oc5c5ccccc45)n3)c2)cc1. The molecule has 0 spiro atoms. The smallest absolute Gasteiger partial charge is 0.166 e. The van der Waals surface area contributed by atoms with Crippen LogP contribution < -0.4 is 0 Å². The van der Waals surface area contributed by atoms with E-state index in [1.165, 1.54) is 26.9 Å². The molecule has 0 unspecified atom stereocenters. The third-order valence-electron chi connectivity index (χ3n) is 13.4. The zero-order valence-corrected chi connectivity index (χ0v) is 35.5. The fourth-order valence-electron chi connectivity index (χ4n) is 10.3. The van der Waals surface area contributed by atoms with Crippen LogP contribution >= 0.6 is 0 Å². The third-order valence-corrected chi connectivity index (χ3v) is 13.4. The molecular weight excluding hydrogens is 805 g/mol. The van der Waals surface area contributed by atoms with Crippen molar-refractivity contribution in [3.8, 4) is 51.0 Å². The molecule has 0 bridgehead atoms. The van der Waals surface area contributed by atoms with E-state index >= 15 is 0 Å². The van der Waals surface area contributed by atoms with Gasteiger partial charge < -0.3 is 8.98 Å². The fourth-order valence-corrected chi connectivity index (χ4v) is 10.3. The Balaban J connectivity index is 1.14. The van der Waals surface area contributed by atoms with Crippen molar-refractivity contribution in [3.63, 3.8) is 0 Å². The van der Waals surface area contributed by atoms with E-state index in [0.29, 0.717) is 17.5 Å². The zero-order valence-electron chi connectivity index (χ0n) is 35.5. The minimum atomic E-state index is 0.573. The summed E-state index contributed by atoms with van der Waals surface area (Å²) >= 11 is 0. The van der Waals surface area contributed by atoms with Gasteiger partial charge in [0.05, 0.1) is 27.7 Å². The summed E-state index contributed by atoms with van der Waals surface area (Å²) in [5.74, 6) is 1.76. The molecule has 0 amide bonds. The van der Waals surface area contributed by atoms with Gasteiger partial charge in [0.1, 0.15) is 11.2 Å². The monoisotopic (exact) mass is 840 g/mol. The molecule has 3 aromatic heterocycles. The average molecular weight is 841 g/mol. The van der Waals surface area contributed by atoms with Gasteiger partial charge in [0.25, 0.3) is 0 Å². The number of hydrogen-bond donors (Lipinski definition) is 0. The number of aromatic nitrogens is 4. The Morgan fingerprint density at radius 1 is 0.318 bits per heavy atom. The highest BCUT2D eigenvalue weighted by Crippen LogP contribution is 2.48. The van der Waals surface area contributed by atoms with Crippen LogP contribution in [-0.2, 0) is 0 Å². The first kappa shape index (κ1) is 36.5. The molecule has 0 saturated heterocycles. The van der Waals surface area contributed by atoms with Crippen LogP contribution in [0.15, 0.2) is 223 Å². The van der Waals surface area contributed by atoms with Gasteiger partial charge in [0.15, 0.2) is 17.5 Å².